The van der Waals surface area contributed by atoms with Gasteiger partial charge in [0.05, 0.1) is 16.6 Å². The molecule has 2 aromatic heterocycles. The normalized spacial score (nSPS) is 11.2. The van der Waals surface area contributed by atoms with Crippen LogP contribution in [0.1, 0.15) is 11.3 Å². The van der Waals surface area contributed by atoms with Crippen molar-refractivity contribution in [3.63, 3.8) is 0 Å². The summed E-state index contributed by atoms with van der Waals surface area (Å²) in [5.74, 6) is -0.441. The molecule has 130 valence electrons. The maximum Gasteiger partial charge on any atom is 0.280 e. The Hall–Kier alpha value is -3.41. The van der Waals surface area contributed by atoms with Gasteiger partial charge in [-0.15, -0.1) is 0 Å². The Labute approximate surface area is 147 Å². The number of rotatable bonds is 2. The van der Waals surface area contributed by atoms with Crippen LogP contribution in [0.25, 0.3) is 22.3 Å². The summed E-state index contributed by atoms with van der Waals surface area (Å²) in [5.41, 5.74) is 2.53. The molecule has 0 fully saturated rings. The van der Waals surface area contributed by atoms with Gasteiger partial charge < -0.3 is 0 Å². The van der Waals surface area contributed by atoms with Gasteiger partial charge in [0.15, 0.2) is 0 Å². The van der Waals surface area contributed by atoms with Gasteiger partial charge in [-0.3, -0.25) is 19.3 Å². The molecule has 0 aliphatic rings. The summed E-state index contributed by atoms with van der Waals surface area (Å²) < 4.78 is 16.3. The quantitative estimate of drug-likeness (QED) is 0.604. The van der Waals surface area contributed by atoms with Gasteiger partial charge >= 0.3 is 0 Å². The van der Waals surface area contributed by atoms with Gasteiger partial charge in [0.25, 0.3) is 11.1 Å². The fraction of sp³-hybridized carbons (Fsp3) is 0.100. The number of nitrogens with zero attached hydrogens (tertiary/aromatic N) is 2. The lowest BCUT2D eigenvalue weighted by Gasteiger charge is -2.10. The molecular weight excluding hydrogens is 333 g/mol. The number of aromatic amines is 1. The lowest BCUT2D eigenvalue weighted by atomic mass is 10.2. The highest BCUT2D eigenvalue weighted by molar-refractivity contribution is 5.81. The van der Waals surface area contributed by atoms with Crippen LogP contribution in [0.2, 0.25) is 0 Å². The van der Waals surface area contributed by atoms with Crippen molar-refractivity contribution in [2.45, 2.75) is 13.8 Å². The third-order valence-electron chi connectivity index (χ3n) is 4.46. The van der Waals surface area contributed by atoms with Crippen LogP contribution in [0.5, 0.6) is 0 Å². The van der Waals surface area contributed by atoms with Crippen molar-refractivity contribution in [1.29, 1.82) is 0 Å². The van der Waals surface area contributed by atoms with E-state index < -0.39 is 5.82 Å². The van der Waals surface area contributed by atoms with E-state index >= 15 is 0 Å². The molecule has 0 amide bonds. The second-order valence-electron chi connectivity index (χ2n) is 6.26. The molecule has 0 unspecified atom stereocenters. The van der Waals surface area contributed by atoms with Gasteiger partial charge in [-0.2, -0.15) is 0 Å². The van der Waals surface area contributed by atoms with E-state index in [0.29, 0.717) is 28.0 Å². The van der Waals surface area contributed by atoms with E-state index in [9.17, 15) is 14.0 Å². The number of fused-ring (bicyclic) bond motifs is 1. The van der Waals surface area contributed by atoms with Crippen LogP contribution in [0.3, 0.4) is 0 Å². The van der Waals surface area contributed by atoms with E-state index in [0.717, 1.165) is 5.56 Å². The third-order valence-corrected chi connectivity index (χ3v) is 4.46. The highest BCUT2D eigenvalue weighted by Gasteiger charge is 2.16. The second kappa shape index (κ2) is 5.84. The van der Waals surface area contributed by atoms with Gasteiger partial charge in [-0.1, -0.05) is 23.8 Å². The smallest absolute Gasteiger partial charge is 0.280 e. The molecule has 0 spiro atoms. The van der Waals surface area contributed by atoms with E-state index in [4.69, 9.17) is 0 Å². The molecule has 0 atom stereocenters. The fourth-order valence-corrected chi connectivity index (χ4v) is 3.19. The number of hydrogen-bond donors (Lipinski definition) is 1. The molecule has 2 aromatic carbocycles. The van der Waals surface area contributed by atoms with Crippen LogP contribution >= 0.6 is 0 Å². The van der Waals surface area contributed by atoms with Gasteiger partial charge in [0.2, 0.25) is 0 Å². The molecule has 5 nitrogen and oxygen atoms in total. The molecular formula is C20H16FN3O2. The number of nitrogens with one attached hydrogen (secondary N) is 1. The zero-order valence-electron chi connectivity index (χ0n) is 14.3. The summed E-state index contributed by atoms with van der Waals surface area (Å²) >= 11 is 0. The van der Waals surface area contributed by atoms with Crippen LogP contribution in [0.4, 0.5) is 4.39 Å². The Bertz CT molecular complexity index is 1250. The SMILES string of the molecule is Cc1ccc(-n2c(C)c3c(=O)n(-c4cccc(F)c4)[nH]c3cc2=O)cc1. The van der Waals surface area contributed by atoms with Crippen LogP contribution in [0, 0.1) is 19.7 Å². The van der Waals surface area contributed by atoms with Crippen molar-refractivity contribution in [3.8, 4) is 11.4 Å². The fourth-order valence-electron chi connectivity index (χ4n) is 3.19. The predicted molar refractivity (Wildman–Crippen MR) is 98.9 cm³/mol. The summed E-state index contributed by atoms with van der Waals surface area (Å²) in [4.78, 5) is 25.5. The molecule has 1 N–H and O–H groups in total. The monoisotopic (exact) mass is 349 g/mol. The Balaban J connectivity index is 2.01. The lowest BCUT2D eigenvalue weighted by Crippen LogP contribution is -2.21. The van der Waals surface area contributed by atoms with Crippen LogP contribution in [-0.2, 0) is 0 Å². The molecule has 0 aliphatic carbocycles. The Morgan fingerprint density at radius 2 is 1.65 bits per heavy atom. The summed E-state index contributed by atoms with van der Waals surface area (Å²) in [6.45, 7) is 3.70. The van der Waals surface area contributed by atoms with Crippen LogP contribution in [0.15, 0.2) is 64.2 Å². The van der Waals surface area contributed by atoms with E-state index in [-0.39, 0.29) is 11.1 Å². The van der Waals surface area contributed by atoms with Gasteiger partial charge in [0.1, 0.15) is 5.82 Å². The summed E-state index contributed by atoms with van der Waals surface area (Å²) in [6.07, 6.45) is 0. The molecule has 2 heterocycles. The standard InChI is InChI=1S/C20H16FN3O2/c1-12-6-8-15(9-7-12)23-13(2)19-17(11-18(23)25)22-24(20(19)26)16-5-3-4-14(21)10-16/h3-11,22H,1-2H3. The molecule has 26 heavy (non-hydrogen) atoms. The first-order valence-corrected chi connectivity index (χ1v) is 8.16. The summed E-state index contributed by atoms with van der Waals surface area (Å²) in [6, 6.07) is 14.6. The van der Waals surface area contributed by atoms with Crippen molar-refractivity contribution in [2.75, 3.05) is 0 Å². The maximum absolute atomic E-state index is 13.5. The zero-order valence-corrected chi connectivity index (χ0v) is 14.3. The first kappa shape index (κ1) is 16.1. The Kier molecular flexibility index (Phi) is 3.61. The zero-order chi connectivity index (χ0) is 18.4. The minimum Gasteiger partial charge on any atom is -0.290 e. The topological polar surface area (TPSA) is 59.8 Å². The average Bonchev–Trinajstić information content (AvgIpc) is 2.93. The van der Waals surface area contributed by atoms with Gasteiger partial charge in [-0.05, 0) is 44.2 Å². The minimum atomic E-state index is -0.441. The predicted octanol–water partition coefficient (Wildman–Crippen LogP) is 3.23. The van der Waals surface area contributed by atoms with Gasteiger partial charge in [0, 0.05) is 17.4 Å². The highest BCUT2D eigenvalue weighted by atomic mass is 19.1. The molecule has 4 aromatic rings. The van der Waals surface area contributed by atoms with Crippen molar-refractivity contribution < 1.29 is 4.39 Å². The largest absolute Gasteiger partial charge is 0.290 e. The Morgan fingerprint density at radius 3 is 2.35 bits per heavy atom. The number of aromatic nitrogens is 3. The highest BCUT2D eigenvalue weighted by Crippen LogP contribution is 2.17. The van der Waals surface area contributed by atoms with E-state index in [1.54, 1.807) is 13.0 Å². The number of pyridine rings is 1. The van der Waals surface area contributed by atoms with Gasteiger partial charge in [-0.25, -0.2) is 9.07 Å². The number of aryl methyl sites for hydroxylation is 2. The van der Waals surface area contributed by atoms with E-state index in [1.165, 1.54) is 33.5 Å². The first-order valence-electron chi connectivity index (χ1n) is 8.16. The third kappa shape index (κ3) is 2.47. The van der Waals surface area contributed by atoms with E-state index in [2.05, 4.69) is 5.10 Å². The molecule has 0 saturated heterocycles. The van der Waals surface area contributed by atoms with Crippen molar-refractivity contribution in [2.24, 2.45) is 0 Å². The van der Waals surface area contributed by atoms with E-state index in [1.807, 2.05) is 31.2 Å². The second-order valence-corrected chi connectivity index (χ2v) is 6.26. The molecule has 4 rings (SSSR count). The number of halogens is 1. The van der Waals surface area contributed by atoms with Crippen molar-refractivity contribution in [1.82, 2.24) is 14.3 Å². The summed E-state index contributed by atoms with van der Waals surface area (Å²) in [7, 11) is 0. The molecule has 0 aliphatic heterocycles. The minimum absolute atomic E-state index is 0.244. The first-order chi connectivity index (χ1) is 12.5. The molecule has 6 heteroatoms. The number of benzene rings is 2. The van der Waals surface area contributed by atoms with Crippen molar-refractivity contribution in [3.05, 3.63) is 92.4 Å². The lowest BCUT2D eigenvalue weighted by molar-refractivity contribution is 0.625. The van der Waals surface area contributed by atoms with Crippen molar-refractivity contribution >= 4 is 10.9 Å². The number of hydrogen-bond acceptors (Lipinski definition) is 2. The van der Waals surface area contributed by atoms with Crippen LogP contribution < -0.4 is 11.1 Å². The maximum atomic E-state index is 13.5. The molecule has 0 saturated carbocycles. The average molecular weight is 349 g/mol. The summed E-state index contributed by atoms with van der Waals surface area (Å²) in [5, 5.41) is 3.30. The molecule has 0 radical (unpaired) electrons. The number of H-pyrrole nitrogens is 1. The van der Waals surface area contributed by atoms with Crippen LogP contribution in [-0.4, -0.2) is 14.3 Å². The Morgan fingerprint density at radius 1 is 0.923 bits per heavy atom. The molecule has 0 bridgehead atoms.